The Hall–Kier alpha value is -2.82. The topological polar surface area (TPSA) is 67.4 Å². The zero-order valence-corrected chi connectivity index (χ0v) is 16.6. The minimum Gasteiger partial charge on any atom is -0.444 e. The van der Waals surface area contributed by atoms with Crippen LogP contribution in [0, 0.1) is 5.92 Å². The van der Waals surface area contributed by atoms with Gasteiger partial charge in [0.2, 0.25) is 5.91 Å². The highest BCUT2D eigenvalue weighted by atomic mass is 16.6. The molecule has 0 bridgehead atoms. The van der Waals surface area contributed by atoms with Gasteiger partial charge in [0.15, 0.2) is 0 Å². The molecule has 0 fully saturated rings. The highest BCUT2D eigenvalue weighted by molar-refractivity contribution is 5.97. The van der Waals surface area contributed by atoms with Crippen LogP contribution in [0.5, 0.6) is 0 Å². The molecule has 27 heavy (non-hydrogen) atoms. The number of rotatable bonds is 5. The second kappa shape index (κ2) is 8.71. The molecular weight excluding hydrogens is 340 g/mol. The van der Waals surface area contributed by atoms with Crippen molar-refractivity contribution in [1.82, 2.24) is 5.32 Å². The summed E-state index contributed by atoms with van der Waals surface area (Å²) in [6.45, 7) is 9.11. The van der Waals surface area contributed by atoms with Crippen molar-refractivity contribution < 1.29 is 14.3 Å². The number of amides is 2. The molecular formula is C22H28N2O3. The molecule has 0 radical (unpaired) electrons. The third-order valence-electron chi connectivity index (χ3n) is 3.86. The zero-order valence-electron chi connectivity index (χ0n) is 16.6. The second-order valence-corrected chi connectivity index (χ2v) is 7.80. The predicted octanol–water partition coefficient (Wildman–Crippen LogP) is 4.84. The first kappa shape index (κ1) is 20.5. The molecule has 2 aromatic rings. The molecule has 1 unspecified atom stereocenters. The van der Waals surface area contributed by atoms with Crippen LogP contribution in [-0.4, -0.2) is 23.6 Å². The first-order valence-corrected chi connectivity index (χ1v) is 9.11. The quantitative estimate of drug-likeness (QED) is 0.793. The van der Waals surface area contributed by atoms with Crippen LogP contribution < -0.4 is 10.6 Å². The molecule has 0 aliphatic carbocycles. The summed E-state index contributed by atoms with van der Waals surface area (Å²) in [6, 6.07) is 16.9. The number of ether oxygens (including phenoxy) is 1. The van der Waals surface area contributed by atoms with E-state index < -0.39 is 17.7 Å². The summed E-state index contributed by atoms with van der Waals surface area (Å²) >= 11 is 0. The summed E-state index contributed by atoms with van der Waals surface area (Å²) in [6.07, 6.45) is -0.602. The fraction of sp³-hybridized carbons (Fsp3) is 0.364. The maximum Gasteiger partial charge on any atom is 0.408 e. The van der Waals surface area contributed by atoms with Gasteiger partial charge in [0.25, 0.3) is 0 Å². The van der Waals surface area contributed by atoms with E-state index in [1.165, 1.54) is 0 Å². The molecule has 5 heteroatoms. The van der Waals surface area contributed by atoms with E-state index in [4.69, 9.17) is 4.74 Å². The Kier molecular flexibility index (Phi) is 6.61. The Morgan fingerprint density at radius 2 is 1.56 bits per heavy atom. The first-order valence-electron chi connectivity index (χ1n) is 9.11. The Morgan fingerprint density at radius 1 is 0.926 bits per heavy atom. The van der Waals surface area contributed by atoms with Gasteiger partial charge < -0.3 is 15.4 Å². The van der Waals surface area contributed by atoms with Crippen LogP contribution in [0.2, 0.25) is 0 Å². The number of hydrogen-bond donors (Lipinski definition) is 2. The fourth-order valence-electron chi connectivity index (χ4n) is 2.60. The first-order chi connectivity index (χ1) is 12.7. The molecule has 2 rings (SSSR count). The average Bonchev–Trinajstić information content (AvgIpc) is 2.59. The highest BCUT2D eigenvalue weighted by Gasteiger charge is 2.27. The molecule has 0 aliphatic rings. The van der Waals surface area contributed by atoms with Crippen LogP contribution in [-0.2, 0) is 9.53 Å². The number of carbonyl (C=O) groups excluding carboxylic acids is 2. The Balaban J connectivity index is 2.10. The van der Waals surface area contributed by atoms with Crippen molar-refractivity contribution in [3.63, 3.8) is 0 Å². The monoisotopic (exact) mass is 368 g/mol. The zero-order chi connectivity index (χ0) is 20.0. The van der Waals surface area contributed by atoms with Crippen molar-refractivity contribution in [1.29, 1.82) is 0 Å². The van der Waals surface area contributed by atoms with Crippen molar-refractivity contribution in [3.05, 3.63) is 54.6 Å². The van der Waals surface area contributed by atoms with Gasteiger partial charge >= 0.3 is 6.09 Å². The molecule has 5 nitrogen and oxygen atoms in total. The lowest BCUT2D eigenvalue weighted by molar-refractivity contribution is -0.119. The summed E-state index contributed by atoms with van der Waals surface area (Å²) in [7, 11) is 0. The lowest BCUT2D eigenvalue weighted by Crippen LogP contribution is -2.48. The Bertz CT molecular complexity index is 780. The van der Waals surface area contributed by atoms with Crippen molar-refractivity contribution in [2.75, 3.05) is 5.32 Å². The van der Waals surface area contributed by atoms with Crippen molar-refractivity contribution in [2.24, 2.45) is 5.92 Å². The summed E-state index contributed by atoms with van der Waals surface area (Å²) in [5.41, 5.74) is 2.14. The second-order valence-electron chi connectivity index (χ2n) is 7.80. The van der Waals surface area contributed by atoms with Gasteiger partial charge in [0.05, 0.1) is 0 Å². The van der Waals surface area contributed by atoms with E-state index in [1.54, 1.807) is 20.8 Å². The molecule has 144 valence electrons. The van der Waals surface area contributed by atoms with Gasteiger partial charge in [-0.05, 0) is 49.9 Å². The fourth-order valence-corrected chi connectivity index (χ4v) is 2.60. The molecule has 0 aliphatic heterocycles. The summed E-state index contributed by atoms with van der Waals surface area (Å²) in [5, 5.41) is 5.56. The lowest BCUT2D eigenvalue weighted by Gasteiger charge is -2.25. The van der Waals surface area contributed by atoms with Crippen LogP contribution in [0.4, 0.5) is 10.5 Å². The van der Waals surface area contributed by atoms with Gasteiger partial charge in [0.1, 0.15) is 11.6 Å². The van der Waals surface area contributed by atoms with Gasteiger partial charge in [-0.1, -0.05) is 56.3 Å². The maximum absolute atomic E-state index is 12.7. The predicted molar refractivity (Wildman–Crippen MR) is 109 cm³/mol. The number of anilines is 1. The van der Waals surface area contributed by atoms with Crippen LogP contribution in [0.1, 0.15) is 34.6 Å². The minimum absolute atomic E-state index is 0.0881. The highest BCUT2D eigenvalue weighted by Crippen LogP contribution is 2.22. The van der Waals surface area contributed by atoms with E-state index in [2.05, 4.69) is 10.6 Å². The van der Waals surface area contributed by atoms with E-state index in [9.17, 15) is 9.59 Å². The van der Waals surface area contributed by atoms with Gasteiger partial charge in [-0.15, -0.1) is 0 Å². The Morgan fingerprint density at radius 3 is 2.15 bits per heavy atom. The Labute approximate surface area is 161 Å². The van der Waals surface area contributed by atoms with Gasteiger partial charge in [0, 0.05) is 5.69 Å². The van der Waals surface area contributed by atoms with Crippen molar-refractivity contribution in [3.8, 4) is 11.1 Å². The lowest BCUT2D eigenvalue weighted by atomic mass is 10.0. The molecule has 0 aromatic heterocycles. The summed E-state index contributed by atoms with van der Waals surface area (Å²) in [5.74, 6) is -0.365. The maximum atomic E-state index is 12.7. The molecule has 0 heterocycles. The summed E-state index contributed by atoms with van der Waals surface area (Å²) in [4.78, 5) is 24.8. The van der Waals surface area contributed by atoms with Gasteiger partial charge in [-0.3, -0.25) is 4.79 Å². The van der Waals surface area contributed by atoms with Crippen LogP contribution in [0.25, 0.3) is 11.1 Å². The number of hydrogen-bond acceptors (Lipinski definition) is 3. The molecule has 2 N–H and O–H groups in total. The number of carbonyl (C=O) groups is 2. The SMILES string of the molecule is CC(C)C(NC(=O)OC(C)(C)C)C(=O)Nc1cccc(-c2ccccc2)c1. The smallest absolute Gasteiger partial charge is 0.408 e. The molecule has 0 spiro atoms. The molecule has 1 atom stereocenters. The minimum atomic E-state index is -0.694. The van der Waals surface area contributed by atoms with Crippen molar-refractivity contribution >= 4 is 17.7 Å². The van der Waals surface area contributed by atoms with Gasteiger partial charge in [-0.25, -0.2) is 4.79 Å². The molecule has 2 aromatic carbocycles. The number of alkyl carbamates (subject to hydrolysis) is 1. The molecule has 0 saturated carbocycles. The van der Waals surface area contributed by atoms with Crippen molar-refractivity contribution in [2.45, 2.75) is 46.3 Å². The largest absolute Gasteiger partial charge is 0.444 e. The third kappa shape index (κ3) is 6.44. The average molecular weight is 368 g/mol. The summed E-state index contributed by atoms with van der Waals surface area (Å²) < 4.78 is 5.27. The van der Waals surface area contributed by atoms with E-state index in [1.807, 2.05) is 68.4 Å². The van der Waals surface area contributed by atoms with Gasteiger partial charge in [-0.2, -0.15) is 0 Å². The van der Waals surface area contributed by atoms with Crippen LogP contribution in [0.3, 0.4) is 0 Å². The molecule has 0 saturated heterocycles. The standard InChI is InChI=1S/C22H28N2O3/c1-15(2)19(24-21(26)27-22(3,4)5)20(25)23-18-13-9-12-17(14-18)16-10-7-6-8-11-16/h6-15,19H,1-5H3,(H,23,25)(H,24,26). The van der Waals surface area contributed by atoms with E-state index in [-0.39, 0.29) is 11.8 Å². The van der Waals surface area contributed by atoms with E-state index >= 15 is 0 Å². The van der Waals surface area contributed by atoms with E-state index in [0.717, 1.165) is 11.1 Å². The third-order valence-corrected chi connectivity index (χ3v) is 3.86. The van der Waals surface area contributed by atoms with E-state index in [0.29, 0.717) is 5.69 Å². The van der Waals surface area contributed by atoms with Crippen LogP contribution >= 0.6 is 0 Å². The normalized spacial score (nSPS) is 12.4. The van der Waals surface area contributed by atoms with Crippen LogP contribution in [0.15, 0.2) is 54.6 Å². The molecule has 2 amide bonds. The number of benzene rings is 2. The number of nitrogens with one attached hydrogen (secondary N) is 2.